The number of benzene rings is 1. The van der Waals surface area contributed by atoms with E-state index in [1.807, 2.05) is 0 Å². The normalized spacial score (nSPS) is 13.5. The molecular formula is C16H20BrNO5. The van der Waals surface area contributed by atoms with Crippen LogP contribution in [0.4, 0.5) is 0 Å². The molecule has 1 aromatic rings. The van der Waals surface area contributed by atoms with Gasteiger partial charge in [0.1, 0.15) is 13.2 Å². The molecule has 1 amide bonds. The zero-order valence-corrected chi connectivity index (χ0v) is 14.7. The lowest BCUT2D eigenvalue weighted by molar-refractivity contribution is -0.147. The minimum absolute atomic E-state index is 0.163. The van der Waals surface area contributed by atoms with Crippen LogP contribution in [0.2, 0.25) is 0 Å². The molecule has 1 aliphatic heterocycles. The number of ether oxygens (including phenoxy) is 2. The van der Waals surface area contributed by atoms with Gasteiger partial charge in [-0.1, -0.05) is 15.9 Å². The van der Waals surface area contributed by atoms with Gasteiger partial charge in [0, 0.05) is 11.0 Å². The highest BCUT2D eigenvalue weighted by Gasteiger charge is 2.26. The van der Waals surface area contributed by atoms with Crippen molar-refractivity contribution >= 4 is 27.8 Å². The molecule has 1 aliphatic rings. The van der Waals surface area contributed by atoms with E-state index in [0.29, 0.717) is 37.7 Å². The zero-order chi connectivity index (χ0) is 17.0. The number of hydrogen-bond acceptors (Lipinski definition) is 4. The maximum absolute atomic E-state index is 12.0. The molecule has 1 aromatic carbocycles. The van der Waals surface area contributed by atoms with Crippen LogP contribution in [-0.2, 0) is 16.0 Å². The first-order chi connectivity index (χ1) is 10.8. The number of rotatable bonds is 6. The quantitative estimate of drug-likeness (QED) is 0.784. The van der Waals surface area contributed by atoms with Crippen LogP contribution in [-0.4, -0.2) is 36.7 Å². The molecule has 0 aliphatic carbocycles. The van der Waals surface area contributed by atoms with Crippen molar-refractivity contribution in [2.24, 2.45) is 5.41 Å². The molecule has 23 heavy (non-hydrogen) atoms. The molecule has 7 heteroatoms. The number of fused-ring (bicyclic) bond motifs is 1. The summed E-state index contributed by atoms with van der Waals surface area (Å²) in [7, 11) is 0. The molecule has 0 saturated carbocycles. The maximum Gasteiger partial charge on any atom is 0.309 e. The molecule has 0 spiro atoms. The fourth-order valence-electron chi connectivity index (χ4n) is 2.10. The summed E-state index contributed by atoms with van der Waals surface area (Å²) in [6.45, 7) is 4.60. The Morgan fingerprint density at radius 1 is 1.26 bits per heavy atom. The summed E-state index contributed by atoms with van der Waals surface area (Å²) in [6.07, 6.45) is 0.557. The fraction of sp³-hybridized carbons (Fsp3) is 0.500. The van der Waals surface area contributed by atoms with Gasteiger partial charge in [-0.3, -0.25) is 9.59 Å². The number of amides is 1. The van der Waals surface area contributed by atoms with E-state index in [1.165, 1.54) is 0 Å². The van der Waals surface area contributed by atoms with Crippen molar-refractivity contribution in [1.82, 2.24) is 5.32 Å². The van der Waals surface area contributed by atoms with Crippen molar-refractivity contribution in [3.63, 3.8) is 0 Å². The molecular weight excluding hydrogens is 366 g/mol. The molecule has 0 saturated heterocycles. The van der Waals surface area contributed by atoms with Crippen LogP contribution in [0.25, 0.3) is 0 Å². The van der Waals surface area contributed by atoms with E-state index in [9.17, 15) is 9.59 Å². The van der Waals surface area contributed by atoms with Crippen LogP contribution in [0, 0.1) is 5.41 Å². The zero-order valence-electron chi connectivity index (χ0n) is 13.1. The Morgan fingerprint density at radius 2 is 1.87 bits per heavy atom. The first-order valence-corrected chi connectivity index (χ1v) is 8.17. The second-order valence-corrected chi connectivity index (χ2v) is 6.91. The first kappa shape index (κ1) is 17.6. The molecule has 126 valence electrons. The largest absolute Gasteiger partial charge is 0.486 e. The molecule has 1 heterocycles. The van der Waals surface area contributed by atoms with Crippen molar-refractivity contribution < 1.29 is 24.2 Å². The molecule has 0 atom stereocenters. The van der Waals surface area contributed by atoms with Gasteiger partial charge in [-0.15, -0.1) is 0 Å². The Kier molecular flexibility index (Phi) is 5.51. The lowest BCUT2D eigenvalue weighted by atomic mass is 9.90. The smallest absolute Gasteiger partial charge is 0.309 e. The van der Waals surface area contributed by atoms with E-state index in [1.54, 1.807) is 26.0 Å². The van der Waals surface area contributed by atoms with Crippen molar-refractivity contribution in [3.05, 3.63) is 22.2 Å². The number of hydrogen-bond donors (Lipinski definition) is 2. The van der Waals surface area contributed by atoms with Crippen LogP contribution < -0.4 is 14.8 Å². The molecule has 6 nitrogen and oxygen atoms in total. The number of aliphatic carboxylic acids is 1. The summed E-state index contributed by atoms with van der Waals surface area (Å²) < 4.78 is 11.8. The Bertz CT molecular complexity index is 615. The van der Waals surface area contributed by atoms with Gasteiger partial charge in [-0.05, 0) is 38.0 Å². The molecule has 0 fully saturated rings. The number of carbonyl (C=O) groups excluding carboxylic acids is 1. The number of halogens is 1. The second kappa shape index (κ2) is 7.21. The SMILES string of the molecule is CC(C)(CCNC(=O)Cc1cc2c(cc1Br)OCCO2)C(=O)O. The second-order valence-electron chi connectivity index (χ2n) is 6.05. The van der Waals surface area contributed by atoms with Crippen molar-refractivity contribution in [2.75, 3.05) is 19.8 Å². The molecule has 2 rings (SSSR count). The van der Waals surface area contributed by atoms with Gasteiger partial charge in [0.15, 0.2) is 11.5 Å². The Hall–Kier alpha value is -1.76. The first-order valence-electron chi connectivity index (χ1n) is 7.38. The monoisotopic (exact) mass is 385 g/mol. The number of carboxylic acids is 1. The third-order valence-corrected chi connectivity index (χ3v) is 4.45. The van der Waals surface area contributed by atoms with Crippen molar-refractivity contribution in [1.29, 1.82) is 0 Å². The van der Waals surface area contributed by atoms with Crippen molar-refractivity contribution in [3.8, 4) is 11.5 Å². The van der Waals surface area contributed by atoms with Gasteiger partial charge < -0.3 is 19.9 Å². The van der Waals surface area contributed by atoms with Crippen LogP contribution >= 0.6 is 15.9 Å². The van der Waals surface area contributed by atoms with E-state index in [0.717, 1.165) is 10.0 Å². The number of carbonyl (C=O) groups is 2. The molecule has 2 N–H and O–H groups in total. The van der Waals surface area contributed by atoms with E-state index < -0.39 is 11.4 Å². The van der Waals surface area contributed by atoms with Gasteiger partial charge >= 0.3 is 5.97 Å². The highest BCUT2D eigenvalue weighted by Crippen LogP contribution is 2.35. The number of carboxylic acid groups (broad SMARTS) is 1. The predicted octanol–water partition coefficient (Wildman–Crippen LogP) is 2.38. The molecule has 0 bridgehead atoms. The van der Waals surface area contributed by atoms with Crippen LogP contribution in [0.5, 0.6) is 11.5 Å². The van der Waals surface area contributed by atoms with E-state index in [4.69, 9.17) is 14.6 Å². The summed E-state index contributed by atoms with van der Waals surface area (Å²) in [5, 5.41) is 11.8. The minimum atomic E-state index is -0.874. The predicted molar refractivity (Wildman–Crippen MR) is 87.9 cm³/mol. The molecule has 0 aromatic heterocycles. The van der Waals surface area contributed by atoms with E-state index >= 15 is 0 Å². The molecule has 0 unspecified atom stereocenters. The minimum Gasteiger partial charge on any atom is -0.486 e. The summed E-state index contributed by atoms with van der Waals surface area (Å²) in [4.78, 5) is 23.1. The fourth-order valence-corrected chi connectivity index (χ4v) is 2.56. The average Bonchev–Trinajstić information content (AvgIpc) is 2.47. The molecule has 0 radical (unpaired) electrons. The summed E-state index contributed by atoms with van der Waals surface area (Å²) in [5.41, 5.74) is -0.0607. The average molecular weight is 386 g/mol. The van der Waals surface area contributed by atoms with Crippen LogP contribution in [0.15, 0.2) is 16.6 Å². The third kappa shape index (κ3) is 4.60. The Labute approximate surface area is 143 Å². The summed E-state index contributed by atoms with van der Waals surface area (Å²) >= 11 is 3.43. The summed E-state index contributed by atoms with van der Waals surface area (Å²) in [6, 6.07) is 3.59. The van der Waals surface area contributed by atoms with E-state index in [2.05, 4.69) is 21.2 Å². The highest BCUT2D eigenvalue weighted by atomic mass is 79.9. The lowest BCUT2D eigenvalue weighted by Gasteiger charge is -2.20. The van der Waals surface area contributed by atoms with Crippen molar-refractivity contribution in [2.45, 2.75) is 26.7 Å². The van der Waals surface area contributed by atoms with Gasteiger partial charge in [0.2, 0.25) is 5.91 Å². The summed E-state index contributed by atoms with van der Waals surface area (Å²) in [5.74, 6) is 0.259. The van der Waals surface area contributed by atoms with Gasteiger partial charge in [-0.25, -0.2) is 0 Å². The van der Waals surface area contributed by atoms with Crippen LogP contribution in [0.1, 0.15) is 25.8 Å². The van der Waals surface area contributed by atoms with Gasteiger partial charge in [-0.2, -0.15) is 0 Å². The lowest BCUT2D eigenvalue weighted by Crippen LogP contribution is -2.32. The Balaban J connectivity index is 1.92. The Morgan fingerprint density at radius 3 is 2.48 bits per heavy atom. The topological polar surface area (TPSA) is 84.9 Å². The van der Waals surface area contributed by atoms with Crippen LogP contribution in [0.3, 0.4) is 0 Å². The third-order valence-electron chi connectivity index (χ3n) is 3.71. The van der Waals surface area contributed by atoms with E-state index in [-0.39, 0.29) is 12.3 Å². The standard InChI is InChI=1S/C16H20BrNO5/c1-16(2,15(20)21)3-4-18-14(19)8-10-7-12-13(9-11(10)17)23-6-5-22-12/h7,9H,3-6,8H2,1-2H3,(H,18,19)(H,20,21). The van der Waals surface area contributed by atoms with Gasteiger partial charge in [0.25, 0.3) is 0 Å². The maximum atomic E-state index is 12.0. The highest BCUT2D eigenvalue weighted by molar-refractivity contribution is 9.10. The number of nitrogens with one attached hydrogen (secondary N) is 1. The van der Waals surface area contributed by atoms with Gasteiger partial charge in [0.05, 0.1) is 11.8 Å².